The smallest absolute Gasteiger partial charge is 0.331 e. The van der Waals surface area contributed by atoms with Crippen LogP contribution in [0.25, 0.3) is 0 Å². The van der Waals surface area contributed by atoms with Crippen LogP contribution in [-0.2, 0) is 14.3 Å². The summed E-state index contributed by atoms with van der Waals surface area (Å²) in [5.74, 6) is -1.65. The van der Waals surface area contributed by atoms with Gasteiger partial charge < -0.3 is 15.2 Å². The molecule has 7 nitrogen and oxygen atoms in total. The van der Waals surface area contributed by atoms with Crippen molar-refractivity contribution in [1.29, 1.82) is 0 Å². The molecule has 0 saturated carbocycles. The molecule has 1 rings (SSSR count). The number of aliphatic carboxylic acids is 1. The average molecular weight is 298 g/mol. The van der Waals surface area contributed by atoms with Crippen molar-refractivity contribution in [3.8, 4) is 0 Å². The van der Waals surface area contributed by atoms with Crippen LogP contribution >= 0.6 is 0 Å². The van der Waals surface area contributed by atoms with E-state index < -0.39 is 17.9 Å². The van der Waals surface area contributed by atoms with Gasteiger partial charge in [-0.3, -0.25) is 10.1 Å². The fourth-order valence-electron chi connectivity index (χ4n) is 2.17. The molecular formula is C14H22N2O5. The van der Waals surface area contributed by atoms with Crippen LogP contribution < -0.4 is 10.6 Å². The van der Waals surface area contributed by atoms with Gasteiger partial charge in [-0.05, 0) is 26.7 Å². The van der Waals surface area contributed by atoms with Crippen LogP contribution in [0.15, 0.2) is 11.1 Å². The second-order valence-electron chi connectivity index (χ2n) is 5.09. The number of carbonyl (C=O) groups excluding carboxylic acids is 2. The average Bonchev–Trinajstić information content (AvgIpc) is 2.90. The van der Waals surface area contributed by atoms with E-state index in [1.165, 1.54) is 13.8 Å². The van der Waals surface area contributed by atoms with E-state index in [1.54, 1.807) is 0 Å². The first kappa shape index (κ1) is 17.2. The number of carboxylic acid groups (broad SMARTS) is 1. The second-order valence-corrected chi connectivity index (χ2v) is 5.09. The number of hydrogen-bond acceptors (Lipinski definition) is 4. The van der Waals surface area contributed by atoms with Crippen LogP contribution in [0.1, 0.15) is 33.6 Å². The maximum absolute atomic E-state index is 11.7. The van der Waals surface area contributed by atoms with E-state index in [1.807, 2.05) is 6.92 Å². The van der Waals surface area contributed by atoms with E-state index in [0.717, 1.165) is 12.8 Å². The van der Waals surface area contributed by atoms with E-state index in [0.29, 0.717) is 13.2 Å². The van der Waals surface area contributed by atoms with Crippen molar-refractivity contribution in [2.24, 2.45) is 5.92 Å². The van der Waals surface area contributed by atoms with E-state index in [-0.39, 0.29) is 23.2 Å². The van der Waals surface area contributed by atoms with Crippen molar-refractivity contribution in [3.05, 3.63) is 11.1 Å². The van der Waals surface area contributed by atoms with Gasteiger partial charge in [-0.15, -0.1) is 0 Å². The summed E-state index contributed by atoms with van der Waals surface area (Å²) in [7, 11) is 0. The Morgan fingerprint density at radius 2 is 1.90 bits per heavy atom. The maximum Gasteiger partial charge on any atom is 0.331 e. The van der Waals surface area contributed by atoms with E-state index in [9.17, 15) is 14.4 Å². The third-order valence-electron chi connectivity index (χ3n) is 3.72. The molecule has 0 aromatic rings. The van der Waals surface area contributed by atoms with Gasteiger partial charge in [0.1, 0.15) is 0 Å². The van der Waals surface area contributed by atoms with Gasteiger partial charge in [0, 0.05) is 30.2 Å². The predicted octanol–water partition coefficient (Wildman–Crippen LogP) is 1.05. The first-order chi connectivity index (χ1) is 9.86. The molecule has 0 aromatic carbocycles. The number of hydrogen-bond donors (Lipinski definition) is 3. The molecule has 7 heteroatoms. The van der Waals surface area contributed by atoms with Gasteiger partial charge in [-0.25, -0.2) is 9.59 Å². The Labute approximate surface area is 123 Å². The molecule has 0 radical (unpaired) electrons. The lowest BCUT2D eigenvalue weighted by atomic mass is 10.00. The van der Waals surface area contributed by atoms with E-state index in [4.69, 9.17) is 9.84 Å². The molecule has 2 unspecified atom stereocenters. The summed E-state index contributed by atoms with van der Waals surface area (Å²) in [6.45, 7) is 5.82. The lowest BCUT2D eigenvalue weighted by Gasteiger charge is -2.17. The monoisotopic (exact) mass is 298 g/mol. The van der Waals surface area contributed by atoms with Gasteiger partial charge in [-0.2, -0.15) is 0 Å². The van der Waals surface area contributed by atoms with Gasteiger partial charge in [-0.1, -0.05) is 6.92 Å². The third-order valence-corrected chi connectivity index (χ3v) is 3.72. The predicted molar refractivity (Wildman–Crippen MR) is 75.7 cm³/mol. The fraction of sp³-hybridized carbons (Fsp3) is 0.643. The molecule has 0 aromatic heterocycles. The molecule has 3 N–H and O–H groups in total. The fourth-order valence-corrected chi connectivity index (χ4v) is 2.17. The van der Waals surface area contributed by atoms with Crippen LogP contribution in [0.5, 0.6) is 0 Å². The molecule has 0 bridgehead atoms. The molecule has 3 amide bonds. The zero-order valence-electron chi connectivity index (χ0n) is 12.6. The molecule has 2 atom stereocenters. The highest BCUT2D eigenvalue weighted by atomic mass is 16.5. The molecule has 0 spiro atoms. The first-order valence-corrected chi connectivity index (χ1v) is 6.98. The lowest BCUT2D eigenvalue weighted by molar-refractivity contribution is -0.133. The number of imide groups is 1. The number of amides is 3. The summed E-state index contributed by atoms with van der Waals surface area (Å²) >= 11 is 0. The van der Waals surface area contributed by atoms with Gasteiger partial charge >= 0.3 is 12.0 Å². The topological polar surface area (TPSA) is 105 Å². The number of urea groups is 1. The van der Waals surface area contributed by atoms with Gasteiger partial charge in [0.05, 0.1) is 6.10 Å². The van der Waals surface area contributed by atoms with Gasteiger partial charge in [0.2, 0.25) is 0 Å². The largest absolute Gasteiger partial charge is 0.478 e. The van der Waals surface area contributed by atoms with Crippen LogP contribution in [0.3, 0.4) is 0 Å². The number of carboxylic acids is 1. The molecule has 0 aliphatic carbocycles. The summed E-state index contributed by atoms with van der Waals surface area (Å²) in [5.41, 5.74) is -0.0798. The normalized spacial score (nSPS) is 22.4. The van der Waals surface area contributed by atoms with Gasteiger partial charge in [0.15, 0.2) is 0 Å². The summed E-state index contributed by atoms with van der Waals surface area (Å²) < 4.78 is 5.51. The highest BCUT2D eigenvalue weighted by Crippen LogP contribution is 2.22. The quantitative estimate of drug-likeness (QED) is 0.658. The van der Waals surface area contributed by atoms with Crippen LogP contribution in [0, 0.1) is 5.92 Å². The standard InChI is InChI=1S/C14H22N2O5/c1-4-11-10(5-6-21-11)7-15-14(20)16-12(17)8(2)9(3)13(18)19/h10-11H,4-7H2,1-3H3,(H,18,19)(H2,15,16,17,20). The van der Waals surface area contributed by atoms with Crippen molar-refractivity contribution < 1.29 is 24.2 Å². The molecule has 1 saturated heterocycles. The Bertz CT molecular complexity index is 458. The Hall–Kier alpha value is -1.89. The Kier molecular flexibility index (Phi) is 6.36. The minimum absolute atomic E-state index is 0.00767. The van der Waals surface area contributed by atoms with Crippen molar-refractivity contribution in [3.63, 3.8) is 0 Å². The highest BCUT2D eigenvalue weighted by Gasteiger charge is 2.27. The van der Waals surface area contributed by atoms with Crippen LogP contribution in [0.4, 0.5) is 4.79 Å². The Morgan fingerprint density at radius 1 is 1.24 bits per heavy atom. The molecule has 1 aliphatic heterocycles. The zero-order chi connectivity index (χ0) is 16.0. The molecule has 1 aliphatic rings. The second kappa shape index (κ2) is 7.78. The summed E-state index contributed by atoms with van der Waals surface area (Å²) in [6, 6.07) is -0.626. The minimum Gasteiger partial charge on any atom is -0.478 e. The number of nitrogens with one attached hydrogen (secondary N) is 2. The maximum atomic E-state index is 11.7. The van der Waals surface area contributed by atoms with Gasteiger partial charge in [0.25, 0.3) is 5.91 Å². The Morgan fingerprint density at radius 3 is 2.48 bits per heavy atom. The van der Waals surface area contributed by atoms with E-state index >= 15 is 0 Å². The molecular weight excluding hydrogens is 276 g/mol. The van der Waals surface area contributed by atoms with Crippen molar-refractivity contribution in [2.45, 2.75) is 39.7 Å². The summed E-state index contributed by atoms with van der Waals surface area (Å²) in [4.78, 5) is 34.1. The minimum atomic E-state index is -1.18. The van der Waals surface area contributed by atoms with Crippen molar-refractivity contribution in [2.75, 3.05) is 13.2 Å². The molecule has 21 heavy (non-hydrogen) atoms. The summed E-state index contributed by atoms with van der Waals surface area (Å²) in [6.07, 6.45) is 1.90. The lowest BCUT2D eigenvalue weighted by Crippen LogP contribution is -2.43. The number of ether oxygens (including phenoxy) is 1. The number of rotatable bonds is 5. The SMILES string of the molecule is CCC1OCCC1CNC(=O)NC(=O)C(C)=C(C)C(=O)O. The van der Waals surface area contributed by atoms with Crippen LogP contribution in [0.2, 0.25) is 0 Å². The van der Waals surface area contributed by atoms with Crippen molar-refractivity contribution in [1.82, 2.24) is 10.6 Å². The first-order valence-electron chi connectivity index (χ1n) is 6.98. The summed E-state index contributed by atoms with van der Waals surface area (Å²) in [5, 5.41) is 13.5. The highest BCUT2D eigenvalue weighted by molar-refractivity contribution is 6.07. The van der Waals surface area contributed by atoms with Crippen LogP contribution in [-0.4, -0.2) is 42.3 Å². The Balaban J connectivity index is 2.45. The zero-order valence-corrected chi connectivity index (χ0v) is 12.6. The molecule has 1 heterocycles. The number of carbonyl (C=O) groups is 3. The molecule has 1 fully saturated rings. The van der Waals surface area contributed by atoms with E-state index in [2.05, 4.69) is 10.6 Å². The third kappa shape index (κ3) is 4.86. The van der Waals surface area contributed by atoms with Crippen molar-refractivity contribution >= 4 is 17.9 Å². The molecule has 118 valence electrons.